The van der Waals surface area contributed by atoms with Crippen molar-refractivity contribution in [3.63, 3.8) is 0 Å². The predicted molar refractivity (Wildman–Crippen MR) is 71.1 cm³/mol. The Labute approximate surface area is 119 Å². The summed E-state index contributed by atoms with van der Waals surface area (Å²) in [4.78, 5) is 13.5. The van der Waals surface area contributed by atoms with Crippen molar-refractivity contribution in [2.24, 2.45) is 0 Å². The molecule has 1 aliphatic heterocycles. The van der Waals surface area contributed by atoms with E-state index >= 15 is 0 Å². The lowest BCUT2D eigenvalue weighted by atomic mass is 10.2. The van der Waals surface area contributed by atoms with Crippen molar-refractivity contribution in [1.29, 1.82) is 0 Å². The second-order valence-corrected chi connectivity index (χ2v) is 5.22. The van der Waals surface area contributed by atoms with Crippen molar-refractivity contribution in [3.8, 4) is 0 Å². The zero-order valence-electron chi connectivity index (χ0n) is 10.6. The Morgan fingerprint density at radius 3 is 3.11 bits per heavy atom. The van der Waals surface area contributed by atoms with Crippen LogP contribution in [0.1, 0.15) is 5.56 Å². The first-order valence-corrected chi connectivity index (χ1v) is 6.75. The van der Waals surface area contributed by atoms with E-state index in [-0.39, 0.29) is 11.8 Å². The Bertz CT molecular complexity index is 469. The van der Waals surface area contributed by atoms with E-state index < -0.39 is 6.10 Å². The molecule has 19 heavy (non-hydrogen) atoms. The van der Waals surface area contributed by atoms with Gasteiger partial charge >= 0.3 is 5.97 Å². The molecule has 1 heterocycles. The minimum atomic E-state index is -0.539. The van der Waals surface area contributed by atoms with Gasteiger partial charge in [-0.15, -0.1) is 0 Å². The summed E-state index contributed by atoms with van der Waals surface area (Å²) in [7, 11) is 1.35. The van der Waals surface area contributed by atoms with Gasteiger partial charge in [0.05, 0.1) is 18.2 Å². The fourth-order valence-corrected chi connectivity index (χ4v) is 2.44. The summed E-state index contributed by atoms with van der Waals surface area (Å²) >= 11 is 3.16. The van der Waals surface area contributed by atoms with Crippen molar-refractivity contribution < 1.29 is 18.7 Å². The summed E-state index contributed by atoms with van der Waals surface area (Å²) in [6.07, 6.45) is -0.539. The molecule has 1 unspecified atom stereocenters. The van der Waals surface area contributed by atoms with Crippen LogP contribution in [0.3, 0.4) is 0 Å². The van der Waals surface area contributed by atoms with Gasteiger partial charge in [0.15, 0.2) is 6.10 Å². The lowest BCUT2D eigenvalue weighted by molar-refractivity contribution is -0.160. The molecule has 1 fully saturated rings. The third-order valence-corrected chi connectivity index (χ3v) is 3.61. The van der Waals surface area contributed by atoms with Gasteiger partial charge in [0, 0.05) is 19.6 Å². The Kier molecular flexibility index (Phi) is 4.90. The molecule has 0 aromatic heterocycles. The number of ether oxygens (including phenoxy) is 2. The quantitative estimate of drug-likeness (QED) is 0.794. The van der Waals surface area contributed by atoms with Crippen LogP contribution in [0.25, 0.3) is 0 Å². The molecule has 0 N–H and O–H groups in total. The predicted octanol–water partition coefficient (Wildman–Crippen LogP) is 1.96. The second-order valence-electron chi connectivity index (χ2n) is 4.37. The summed E-state index contributed by atoms with van der Waals surface area (Å²) in [5.41, 5.74) is 0.985. The van der Waals surface area contributed by atoms with Crippen LogP contribution in [-0.4, -0.2) is 43.8 Å². The standard InChI is InChI=1S/C13H15BrFNO3/c1-18-13(17)12-8-16(4-5-19-12)7-9-2-3-11(15)10(14)6-9/h2-3,6,12H,4-5,7-8H2,1H3. The zero-order chi connectivity index (χ0) is 13.8. The molecule has 1 aromatic carbocycles. The molecule has 0 amide bonds. The molecular formula is C13H15BrFNO3. The number of nitrogens with zero attached hydrogens (tertiary/aromatic N) is 1. The average molecular weight is 332 g/mol. The lowest BCUT2D eigenvalue weighted by Gasteiger charge is -2.31. The molecule has 0 bridgehead atoms. The van der Waals surface area contributed by atoms with Gasteiger partial charge < -0.3 is 9.47 Å². The first kappa shape index (κ1) is 14.4. The van der Waals surface area contributed by atoms with Crippen LogP contribution in [0.2, 0.25) is 0 Å². The topological polar surface area (TPSA) is 38.8 Å². The average Bonchev–Trinajstić information content (AvgIpc) is 2.42. The van der Waals surface area contributed by atoms with Gasteiger partial charge in [-0.3, -0.25) is 4.90 Å². The minimum Gasteiger partial charge on any atom is -0.467 e. The fraction of sp³-hybridized carbons (Fsp3) is 0.462. The normalized spacial score (nSPS) is 20.3. The zero-order valence-corrected chi connectivity index (χ0v) is 12.2. The number of hydrogen-bond acceptors (Lipinski definition) is 4. The molecule has 6 heteroatoms. The largest absolute Gasteiger partial charge is 0.467 e. The van der Waals surface area contributed by atoms with Gasteiger partial charge in [0.25, 0.3) is 0 Å². The van der Waals surface area contributed by atoms with Gasteiger partial charge in [-0.2, -0.15) is 0 Å². The molecule has 0 saturated carbocycles. The van der Waals surface area contributed by atoms with E-state index in [1.54, 1.807) is 12.1 Å². The first-order valence-electron chi connectivity index (χ1n) is 5.96. The number of morpholine rings is 1. The number of benzene rings is 1. The van der Waals surface area contributed by atoms with E-state index in [1.165, 1.54) is 13.2 Å². The Hall–Kier alpha value is -0.980. The van der Waals surface area contributed by atoms with E-state index in [1.807, 2.05) is 0 Å². The van der Waals surface area contributed by atoms with E-state index in [9.17, 15) is 9.18 Å². The highest BCUT2D eigenvalue weighted by atomic mass is 79.9. The first-order chi connectivity index (χ1) is 9.10. The molecule has 1 aliphatic rings. The van der Waals surface area contributed by atoms with Crippen LogP contribution in [0.5, 0.6) is 0 Å². The highest BCUT2D eigenvalue weighted by Crippen LogP contribution is 2.19. The SMILES string of the molecule is COC(=O)C1CN(Cc2ccc(F)c(Br)c2)CCO1. The molecule has 104 valence electrons. The smallest absolute Gasteiger partial charge is 0.336 e. The van der Waals surface area contributed by atoms with Crippen LogP contribution < -0.4 is 0 Å². The van der Waals surface area contributed by atoms with Gasteiger partial charge in [0.1, 0.15) is 5.82 Å². The van der Waals surface area contributed by atoms with Crippen LogP contribution in [0.15, 0.2) is 22.7 Å². The lowest BCUT2D eigenvalue weighted by Crippen LogP contribution is -2.46. The summed E-state index contributed by atoms with van der Waals surface area (Å²) in [5.74, 6) is -0.636. The number of halogens is 2. The molecule has 0 spiro atoms. The van der Waals surface area contributed by atoms with Crippen molar-refractivity contribution in [3.05, 3.63) is 34.1 Å². The van der Waals surface area contributed by atoms with E-state index in [0.29, 0.717) is 24.2 Å². The van der Waals surface area contributed by atoms with Crippen molar-refractivity contribution >= 4 is 21.9 Å². The maximum absolute atomic E-state index is 13.1. The highest BCUT2D eigenvalue weighted by molar-refractivity contribution is 9.10. The van der Waals surface area contributed by atoms with E-state index in [0.717, 1.165) is 12.1 Å². The Morgan fingerprint density at radius 2 is 2.42 bits per heavy atom. The fourth-order valence-electron chi connectivity index (χ4n) is 2.02. The van der Waals surface area contributed by atoms with Gasteiger partial charge in [-0.05, 0) is 33.6 Å². The molecule has 2 rings (SSSR count). The third-order valence-electron chi connectivity index (χ3n) is 3.00. The van der Waals surface area contributed by atoms with Crippen LogP contribution >= 0.6 is 15.9 Å². The number of carbonyl (C=O) groups is 1. The molecular weight excluding hydrogens is 317 g/mol. The summed E-state index contributed by atoms with van der Waals surface area (Å²) in [5, 5.41) is 0. The molecule has 4 nitrogen and oxygen atoms in total. The number of rotatable bonds is 3. The van der Waals surface area contributed by atoms with Crippen molar-refractivity contribution in [2.75, 3.05) is 26.8 Å². The van der Waals surface area contributed by atoms with Gasteiger partial charge in [-0.25, -0.2) is 9.18 Å². The van der Waals surface area contributed by atoms with Crippen LogP contribution in [0, 0.1) is 5.82 Å². The monoisotopic (exact) mass is 331 g/mol. The maximum atomic E-state index is 13.1. The van der Waals surface area contributed by atoms with Crippen molar-refractivity contribution in [2.45, 2.75) is 12.6 Å². The van der Waals surface area contributed by atoms with E-state index in [2.05, 4.69) is 25.6 Å². The van der Waals surface area contributed by atoms with Gasteiger partial charge in [0.2, 0.25) is 0 Å². The third kappa shape index (κ3) is 3.75. The number of methoxy groups -OCH3 is 1. The van der Waals surface area contributed by atoms with E-state index in [4.69, 9.17) is 4.74 Å². The minimum absolute atomic E-state index is 0.279. The molecule has 0 aliphatic carbocycles. The summed E-state index contributed by atoms with van der Waals surface area (Å²) < 4.78 is 23.6. The van der Waals surface area contributed by atoms with Crippen molar-refractivity contribution in [1.82, 2.24) is 4.90 Å². The van der Waals surface area contributed by atoms with Crippen LogP contribution in [0.4, 0.5) is 4.39 Å². The highest BCUT2D eigenvalue weighted by Gasteiger charge is 2.27. The summed E-state index contributed by atoms with van der Waals surface area (Å²) in [6.45, 7) is 2.36. The Morgan fingerprint density at radius 1 is 1.63 bits per heavy atom. The maximum Gasteiger partial charge on any atom is 0.336 e. The van der Waals surface area contributed by atoms with Crippen LogP contribution in [-0.2, 0) is 20.8 Å². The Balaban J connectivity index is 1.98. The molecule has 1 atom stereocenters. The summed E-state index contributed by atoms with van der Waals surface area (Å²) in [6, 6.07) is 4.91. The van der Waals surface area contributed by atoms with Gasteiger partial charge in [-0.1, -0.05) is 6.07 Å². The number of carbonyl (C=O) groups excluding carboxylic acids is 1. The second kappa shape index (κ2) is 6.45. The molecule has 1 saturated heterocycles. The molecule has 1 aromatic rings. The molecule has 0 radical (unpaired) electrons. The number of hydrogen-bond donors (Lipinski definition) is 0. The number of esters is 1.